The summed E-state index contributed by atoms with van der Waals surface area (Å²) in [5.41, 5.74) is 3.44. The van der Waals surface area contributed by atoms with E-state index < -0.39 is 0 Å². The summed E-state index contributed by atoms with van der Waals surface area (Å²) < 4.78 is 0.970. The summed E-state index contributed by atoms with van der Waals surface area (Å²) in [5, 5.41) is 0. The summed E-state index contributed by atoms with van der Waals surface area (Å²) in [6.45, 7) is 5.22. The van der Waals surface area contributed by atoms with E-state index in [1.807, 2.05) is 29.2 Å². The van der Waals surface area contributed by atoms with Crippen molar-refractivity contribution in [1.29, 1.82) is 0 Å². The number of rotatable bonds is 5. The molecule has 0 unspecified atom stereocenters. The third-order valence-corrected chi connectivity index (χ3v) is 7.64. The number of hydrogen-bond acceptors (Lipinski definition) is 2. The normalized spacial score (nSPS) is 18.1. The van der Waals surface area contributed by atoms with Crippen LogP contribution in [0.4, 0.5) is 0 Å². The van der Waals surface area contributed by atoms with E-state index in [0.717, 1.165) is 49.7 Å². The average molecular weight is 497 g/mol. The van der Waals surface area contributed by atoms with Crippen LogP contribution in [0.5, 0.6) is 0 Å². The minimum Gasteiger partial charge on any atom is -0.342 e. The largest absolute Gasteiger partial charge is 0.342 e. The Morgan fingerprint density at radius 1 is 0.844 bits per heavy atom. The summed E-state index contributed by atoms with van der Waals surface area (Å²) in [6.07, 6.45) is 6.10. The Morgan fingerprint density at radius 3 is 2.06 bits per heavy atom. The van der Waals surface area contributed by atoms with Gasteiger partial charge >= 0.3 is 0 Å². The minimum absolute atomic E-state index is 0.0630. The van der Waals surface area contributed by atoms with E-state index in [1.165, 1.54) is 17.5 Å². The van der Waals surface area contributed by atoms with Gasteiger partial charge in [0.05, 0.1) is 0 Å². The second-order valence-electron chi connectivity index (χ2n) is 9.37. The molecule has 0 bridgehead atoms. The lowest BCUT2D eigenvalue weighted by Gasteiger charge is -2.37. The lowest BCUT2D eigenvalue weighted by atomic mass is 9.88. The smallest absolute Gasteiger partial charge is 0.253 e. The number of carbonyl (C=O) groups excluding carboxylic acids is 2. The lowest BCUT2D eigenvalue weighted by molar-refractivity contribution is -0.138. The highest BCUT2D eigenvalue weighted by Gasteiger charge is 2.32. The summed E-state index contributed by atoms with van der Waals surface area (Å²) in [4.78, 5) is 29.8. The van der Waals surface area contributed by atoms with Gasteiger partial charge in [-0.15, -0.1) is 0 Å². The molecule has 2 saturated heterocycles. The van der Waals surface area contributed by atoms with Crippen molar-refractivity contribution in [2.45, 2.75) is 45.4 Å². The molecule has 5 heteroatoms. The fraction of sp³-hybridized carbons (Fsp3) is 0.481. The van der Waals surface area contributed by atoms with Crippen LogP contribution < -0.4 is 0 Å². The zero-order valence-corrected chi connectivity index (χ0v) is 20.5. The van der Waals surface area contributed by atoms with Gasteiger partial charge in [0, 0.05) is 42.1 Å². The van der Waals surface area contributed by atoms with Crippen LogP contribution in [0.1, 0.15) is 53.6 Å². The average Bonchev–Trinajstić information content (AvgIpc) is 2.84. The molecule has 0 N–H and O–H groups in total. The molecular weight excluding hydrogens is 464 g/mol. The maximum Gasteiger partial charge on any atom is 0.253 e. The first-order chi connectivity index (χ1) is 15.5. The first-order valence-electron chi connectivity index (χ1n) is 11.9. The highest BCUT2D eigenvalue weighted by Crippen LogP contribution is 2.27. The molecule has 4 rings (SSSR count). The van der Waals surface area contributed by atoms with Crippen molar-refractivity contribution in [2.75, 3.05) is 26.2 Å². The molecule has 0 radical (unpaired) electrons. The van der Waals surface area contributed by atoms with Crippen molar-refractivity contribution >= 4 is 27.7 Å². The van der Waals surface area contributed by atoms with E-state index in [9.17, 15) is 9.59 Å². The van der Waals surface area contributed by atoms with Crippen LogP contribution in [0.15, 0.2) is 53.0 Å². The molecule has 0 spiro atoms. The number of amides is 2. The third-order valence-electron chi connectivity index (χ3n) is 7.11. The van der Waals surface area contributed by atoms with Crippen LogP contribution in [-0.2, 0) is 11.2 Å². The molecule has 0 saturated carbocycles. The Labute approximate surface area is 200 Å². The SMILES string of the molecule is Cc1ccc(CCC2CCN(C(=O)C3CCN(C(=O)c4ccc(Br)cc4)CC3)CC2)cc1. The standard InChI is InChI=1S/C27H33BrN2O2/c1-20-2-4-21(5-3-20)6-7-22-12-16-29(17-13-22)27(32)24-14-18-30(19-15-24)26(31)23-8-10-25(28)11-9-23/h2-5,8-11,22,24H,6-7,12-19H2,1H3. The van der Waals surface area contributed by atoms with Gasteiger partial charge in [0.2, 0.25) is 5.91 Å². The van der Waals surface area contributed by atoms with Crippen molar-refractivity contribution in [2.24, 2.45) is 11.8 Å². The predicted molar refractivity (Wildman–Crippen MR) is 132 cm³/mol. The number of hydrogen-bond donors (Lipinski definition) is 0. The van der Waals surface area contributed by atoms with Crippen molar-refractivity contribution < 1.29 is 9.59 Å². The highest BCUT2D eigenvalue weighted by molar-refractivity contribution is 9.10. The molecule has 2 fully saturated rings. The van der Waals surface area contributed by atoms with E-state index in [0.29, 0.717) is 30.5 Å². The van der Waals surface area contributed by atoms with Crippen LogP contribution >= 0.6 is 15.9 Å². The Morgan fingerprint density at radius 2 is 1.44 bits per heavy atom. The van der Waals surface area contributed by atoms with E-state index in [2.05, 4.69) is 52.0 Å². The number of carbonyl (C=O) groups is 2. The molecule has 4 nitrogen and oxygen atoms in total. The fourth-order valence-corrected chi connectivity index (χ4v) is 5.19. The molecule has 2 amide bonds. The first kappa shape index (κ1) is 23.0. The topological polar surface area (TPSA) is 40.6 Å². The zero-order valence-electron chi connectivity index (χ0n) is 18.9. The molecule has 2 aromatic rings. The molecule has 0 atom stereocenters. The molecule has 170 valence electrons. The number of likely N-dealkylation sites (tertiary alicyclic amines) is 2. The second-order valence-corrected chi connectivity index (χ2v) is 10.3. The van der Waals surface area contributed by atoms with Gasteiger partial charge < -0.3 is 9.80 Å². The fourth-order valence-electron chi connectivity index (χ4n) is 4.93. The Kier molecular flexibility index (Phi) is 7.67. The van der Waals surface area contributed by atoms with Gasteiger partial charge in [-0.1, -0.05) is 45.8 Å². The highest BCUT2D eigenvalue weighted by atomic mass is 79.9. The first-order valence-corrected chi connectivity index (χ1v) is 12.7. The molecule has 0 aromatic heterocycles. The van der Waals surface area contributed by atoms with Crippen molar-refractivity contribution in [1.82, 2.24) is 9.80 Å². The number of aryl methyl sites for hydroxylation is 2. The van der Waals surface area contributed by atoms with Gasteiger partial charge in [-0.2, -0.15) is 0 Å². The van der Waals surface area contributed by atoms with E-state index >= 15 is 0 Å². The van der Waals surface area contributed by atoms with Gasteiger partial charge in [-0.05, 0) is 81.2 Å². The molecule has 2 aromatic carbocycles. The maximum atomic E-state index is 13.1. The van der Waals surface area contributed by atoms with Gasteiger partial charge in [0.15, 0.2) is 0 Å². The number of nitrogens with zero attached hydrogens (tertiary/aromatic N) is 2. The molecule has 32 heavy (non-hydrogen) atoms. The second kappa shape index (κ2) is 10.7. The van der Waals surface area contributed by atoms with Crippen molar-refractivity contribution in [3.05, 3.63) is 69.7 Å². The van der Waals surface area contributed by atoms with Crippen LogP contribution in [-0.4, -0.2) is 47.8 Å². The molecule has 2 aliphatic rings. The quantitative estimate of drug-likeness (QED) is 0.549. The Hall–Kier alpha value is -2.14. The number of piperidine rings is 2. The monoisotopic (exact) mass is 496 g/mol. The van der Waals surface area contributed by atoms with Gasteiger partial charge in [0.1, 0.15) is 0 Å². The maximum absolute atomic E-state index is 13.1. The number of benzene rings is 2. The minimum atomic E-state index is 0.0630. The molecule has 0 aliphatic carbocycles. The predicted octanol–water partition coefficient (Wildman–Crippen LogP) is 5.48. The summed E-state index contributed by atoms with van der Waals surface area (Å²) in [5.74, 6) is 1.15. The van der Waals surface area contributed by atoms with Gasteiger partial charge in [-0.25, -0.2) is 0 Å². The van der Waals surface area contributed by atoms with E-state index in [4.69, 9.17) is 0 Å². The van der Waals surface area contributed by atoms with E-state index in [1.54, 1.807) is 0 Å². The zero-order chi connectivity index (χ0) is 22.5. The Balaban J connectivity index is 1.20. The summed E-state index contributed by atoms with van der Waals surface area (Å²) >= 11 is 3.41. The molecule has 2 aliphatic heterocycles. The van der Waals surface area contributed by atoms with Gasteiger partial charge in [-0.3, -0.25) is 9.59 Å². The summed E-state index contributed by atoms with van der Waals surface area (Å²) in [6, 6.07) is 16.4. The van der Waals surface area contributed by atoms with E-state index in [-0.39, 0.29) is 11.8 Å². The van der Waals surface area contributed by atoms with Crippen molar-refractivity contribution in [3.8, 4) is 0 Å². The summed E-state index contributed by atoms with van der Waals surface area (Å²) in [7, 11) is 0. The van der Waals surface area contributed by atoms with Crippen LogP contribution in [0, 0.1) is 18.8 Å². The van der Waals surface area contributed by atoms with Crippen LogP contribution in [0.3, 0.4) is 0 Å². The number of halogens is 1. The van der Waals surface area contributed by atoms with Crippen molar-refractivity contribution in [3.63, 3.8) is 0 Å². The van der Waals surface area contributed by atoms with Crippen LogP contribution in [0.2, 0.25) is 0 Å². The van der Waals surface area contributed by atoms with Crippen LogP contribution in [0.25, 0.3) is 0 Å². The third kappa shape index (κ3) is 5.80. The Bertz CT molecular complexity index is 910. The molecule has 2 heterocycles. The lowest BCUT2D eigenvalue weighted by Crippen LogP contribution is -2.46. The van der Waals surface area contributed by atoms with Gasteiger partial charge in [0.25, 0.3) is 5.91 Å². The molecular formula is C27H33BrN2O2.